The lowest BCUT2D eigenvalue weighted by atomic mass is 10.1. The molecule has 1 aliphatic heterocycles. The lowest BCUT2D eigenvalue weighted by Crippen LogP contribution is -2.34. The molecule has 2 heterocycles. The quantitative estimate of drug-likeness (QED) is 0.756. The van der Waals surface area contributed by atoms with E-state index in [-0.39, 0.29) is 5.91 Å². The minimum atomic E-state index is 0.0588. The molecule has 2 nitrogen and oxygen atoms in total. The van der Waals surface area contributed by atoms with Crippen LogP contribution in [0, 0.1) is 6.92 Å². The molecule has 3 rings (SSSR count). The van der Waals surface area contributed by atoms with Crippen molar-refractivity contribution >= 4 is 34.9 Å². The van der Waals surface area contributed by atoms with Gasteiger partial charge in [-0.05, 0) is 53.6 Å². The van der Waals surface area contributed by atoms with Crippen molar-refractivity contribution in [1.82, 2.24) is 4.90 Å². The van der Waals surface area contributed by atoms with E-state index in [0.717, 1.165) is 35.7 Å². The predicted octanol–water partition coefficient (Wildman–Crippen LogP) is 4.31. The lowest BCUT2D eigenvalue weighted by molar-refractivity contribution is -0.126. The van der Waals surface area contributed by atoms with Crippen LogP contribution in [0.4, 0.5) is 0 Å². The van der Waals surface area contributed by atoms with E-state index in [2.05, 4.69) is 11.4 Å². The first-order valence-corrected chi connectivity index (χ1v) is 8.17. The number of aryl methyl sites for hydroxylation is 1. The minimum Gasteiger partial charge on any atom is -0.334 e. The minimum absolute atomic E-state index is 0.0588. The van der Waals surface area contributed by atoms with Gasteiger partial charge in [-0.15, -0.1) is 11.3 Å². The van der Waals surface area contributed by atoms with Crippen LogP contribution in [0.3, 0.4) is 0 Å². The number of thiophene rings is 1. The Morgan fingerprint density at radius 3 is 3.05 bits per heavy atom. The summed E-state index contributed by atoms with van der Waals surface area (Å²) in [5.74, 6) is 0.0588. The van der Waals surface area contributed by atoms with Crippen LogP contribution in [0.15, 0.2) is 35.7 Å². The Kier molecular flexibility index (Phi) is 4.13. The third kappa shape index (κ3) is 3.20. The number of carbonyl (C=O) groups is 1. The number of hydrogen-bond acceptors (Lipinski definition) is 2. The van der Waals surface area contributed by atoms with Crippen LogP contribution in [-0.4, -0.2) is 17.4 Å². The molecule has 0 atom stereocenters. The molecule has 0 radical (unpaired) electrons. The number of halogens is 1. The van der Waals surface area contributed by atoms with Crippen molar-refractivity contribution in [2.24, 2.45) is 0 Å². The molecule has 2 aromatic rings. The summed E-state index contributed by atoms with van der Waals surface area (Å²) < 4.78 is 0. The van der Waals surface area contributed by atoms with Crippen LogP contribution in [0.5, 0.6) is 0 Å². The van der Waals surface area contributed by atoms with Gasteiger partial charge in [-0.25, -0.2) is 0 Å². The summed E-state index contributed by atoms with van der Waals surface area (Å²) in [5, 5.41) is 2.83. The number of hydrogen-bond donors (Lipinski definition) is 0. The van der Waals surface area contributed by atoms with Crippen molar-refractivity contribution in [3.63, 3.8) is 0 Å². The first-order chi connectivity index (χ1) is 10.1. The zero-order valence-corrected chi connectivity index (χ0v) is 13.4. The van der Waals surface area contributed by atoms with Crippen molar-refractivity contribution in [3.8, 4) is 0 Å². The summed E-state index contributed by atoms with van der Waals surface area (Å²) >= 11 is 7.88. The Morgan fingerprint density at radius 2 is 2.24 bits per heavy atom. The number of amides is 1. The number of benzene rings is 1. The average molecular weight is 318 g/mol. The zero-order valence-electron chi connectivity index (χ0n) is 11.8. The van der Waals surface area contributed by atoms with Crippen LogP contribution in [-0.2, 0) is 17.8 Å². The predicted molar refractivity (Wildman–Crippen MR) is 88.7 cm³/mol. The first-order valence-electron chi connectivity index (χ1n) is 6.92. The van der Waals surface area contributed by atoms with Gasteiger partial charge < -0.3 is 4.90 Å². The van der Waals surface area contributed by atoms with E-state index in [0.29, 0.717) is 0 Å². The molecule has 0 aliphatic carbocycles. The molecule has 0 saturated carbocycles. The molecule has 1 aliphatic rings. The van der Waals surface area contributed by atoms with E-state index in [1.165, 1.54) is 10.4 Å². The van der Waals surface area contributed by atoms with E-state index < -0.39 is 0 Å². The van der Waals surface area contributed by atoms with Crippen molar-refractivity contribution in [2.45, 2.75) is 19.9 Å². The molecule has 0 saturated heterocycles. The van der Waals surface area contributed by atoms with E-state index in [1.54, 1.807) is 17.4 Å². The highest BCUT2D eigenvalue weighted by Crippen LogP contribution is 2.24. The van der Waals surface area contributed by atoms with Crippen molar-refractivity contribution in [2.75, 3.05) is 6.54 Å². The molecule has 108 valence electrons. The van der Waals surface area contributed by atoms with Crippen molar-refractivity contribution in [3.05, 3.63) is 62.3 Å². The molecular formula is C17H16ClNOS. The van der Waals surface area contributed by atoms with Crippen molar-refractivity contribution in [1.29, 1.82) is 0 Å². The van der Waals surface area contributed by atoms with Gasteiger partial charge in [-0.1, -0.05) is 23.7 Å². The Hall–Kier alpha value is -1.58. The number of rotatable bonds is 2. The van der Waals surface area contributed by atoms with Gasteiger partial charge in [0.05, 0.1) is 0 Å². The van der Waals surface area contributed by atoms with Crippen LogP contribution in [0.25, 0.3) is 6.08 Å². The van der Waals surface area contributed by atoms with Crippen LogP contribution >= 0.6 is 22.9 Å². The Labute approximate surface area is 133 Å². The Bertz CT molecular complexity index is 705. The van der Waals surface area contributed by atoms with Gasteiger partial charge in [-0.3, -0.25) is 4.79 Å². The molecule has 0 N–H and O–H groups in total. The largest absolute Gasteiger partial charge is 0.334 e. The Balaban J connectivity index is 1.69. The zero-order chi connectivity index (χ0) is 14.8. The maximum Gasteiger partial charge on any atom is 0.246 e. The molecule has 1 aromatic carbocycles. The maximum absolute atomic E-state index is 12.3. The van der Waals surface area contributed by atoms with Gasteiger partial charge in [0.2, 0.25) is 5.91 Å². The topological polar surface area (TPSA) is 20.3 Å². The molecule has 21 heavy (non-hydrogen) atoms. The fourth-order valence-corrected chi connectivity index (χ4v) is 3.50. The highest BCUT2D eigenvalue weighted by molar-refractivity contribution is 7.10. The van der Waals surface area contributed by atoms with Gasteiger partial charge >= 0.3 is 0 Å². The SMILES string of the molecule is Cc1ccc(C=CC(=O)N2CCc3sccc3C2)cc1Cl. The van der Waals surface area contributed by atoms with Gasteiger partial charge in [-0.2, -0.15) is 0 Å². The molecular weight excluding hydrogens is 302 g/mol. The summed E-state index contributed by atoms with van der Waals surface area (Å²) in [4.78, 5) is 15.6. The second-order valence-electron chi connectivity index (χ2n) is 5.22. The van der Waals surface area contributed by atoms with Gasteiger partial charge in [0.15, 0.2) is 0 Å². The summed E-state index contributed by atoms with van der Waals surface area (Å²) in [6.07, 6.45) is 4.43. The highest BCUT2D eigenvalue weighted by atomic mass is 35.5. The smallest absolute Gasteiger partial charge is 0.246 e. The fourth-order valence-electron chi connectivity index (χ4n) is 2.42. The second-order valence-corrected chi connectivity index (χ2v) is 6.63. The van der Waals surface area contributed by atoms with Gasteiger partial charge in [0.25, 0.3) is 0 Å². The third-order valence-electron chi connectivity index (χ3n) is 3.73. The van der Waals surface area contributed by atoms with E-state index in [1.807, 2.05) is 36.1 Å². The summed E-state index contributed by atoms with van der Waals surface area (Å²) in [5.41, 5.74) is 3.28. The van der Waals surface area contributed by atoms with Crippen LogP contribution in [0.2, 0.25) is 5.02 Å². The second kappa shape index (κ2) is 6.04. The first kappa shape index (κ1) is 14.4. The lowest BCUT2D eigenvalue weighted by Gasteiger charge is -2.25. The molecule has 4 heteroatoms. The van der Waals surface area contributed by atoms with Crippen LogP contribution < -0.4 is 0 Å². The third-order valence-corrected chi connectivity index (χ3v) is 5.16. The van der Waals surface area contributed by atoms with E-state index in [4.69, 9.17) is 11.6 Å². The van der Waals surface area contributed by atoms with E-state index in [9.17, 15) is 4.79 Å². The highest BCUT2D eigenvalue weighted by Gasteiger charge is 2.19. The molecule has 0 bridgehead atoms. The fraction of sp³-hybridized carbons (Fsp3) is 0.235. The summed E-state index contributed by atoms with van der Waals surface area (Å²) in [6.45, 7) is 3.48. The molecule has 0 fully saturated rings. The average Bonchev–Trinajstić information content (AvgIpc) is 2.95. The molecule has 1 aromatic heterocycles. The van der Waals surface area contributed by atoms with Gasteiger partial charge in [0, 0.05) is 29.1 Å². The molecule has 0 unspecified atom stereocenters. The monoisotopic (exact) mass is 317 g/mol. The Morgan fingerprint density at radius 1 is 1.38 bits per heavy atom. The number of fused-ring (bicyclic) bond motifs is 1. The standard InChI is InChI=1S/C17H16ClNOS/c1-12-2-3-13(10-15(12)18)4-5-17(20)19-8-6-16-14(11-19)7-9-21-16/h2-5,7,9-10H,6,8,11H2,1H3. The number of carbonyl (C=O) groups excluding carboxylic acids is 1. The summed E-state index contributed by atoms with van der Waals surface area (Å²) in [7, 11) is 0. The maximum atomic E-state index is 12.3. The molecule has 1 amide bonds. The normalized spacial score (nSPS) is 14.5. The van der Waals surface area contributed by atoms with Crippen LogP contribution in [0.1, 0.15) is 21.6 Å². The van der Waals surface area contributed by atoms with E-state index >= 15 is 0 Å². The summed E-state index contributed by atoms with van der Waals surface area (Å²) in [6, 6.07) is 7.93. The van der Waals surface area contributed by atoms with Gasteiger partial charge in [0.1, 0.15) is 0 Å². The molecule has 0 spiro atoms. The number of nitrogens with zero attached hydrogens (tertiary/aromatic N) is 1. The van der Waals surface area contributed by atoms with Crippen molar-refractivity contribution < 1.29 is 4.79 Å².